The summed E-state index contributed by atoms with van der Waals surface area (Å²) in [6, 6.07) is 0. The van der Waals surface area contributed by atoms with Gasteiger partial charge in [0.25, 0.3) is 0 Å². The molecule has 0 aromatic carbocycles. The summed E-state index contributed by atoms with van der Waals surface area (Å²) in [5.41, 5.74) is 0. The number of unbranched alkanes of at least 4 members (excludes halogenated alkanes) is 3. The number of nitrogens with one attached hydrogen (secondary N) is 1. The molecule has 0 spiro atoms. The Balaban J connectivity index is -0.000000100. The molecule has 0 rings (SSSR count). The Morgan fingerprint density at radius 3 is 1.36 bits per heavy atom. The fourth-order valence-electron chi connectivity index (χ4n) is 0.964. The van der Waals surface area contributed by atoms with E-state index < -0.39 is 0 Å². The average Bonchev–Trinajstić information content (AvgIpc) is 2.55. The smallest absolute Gasteiger partial charge is 0.219 e. The Kier molecular flexibility index (Phi) is 49.6. The zero-order valence-electron chi connectivity index (χ0n) is 16.9. The minimum Gasteiger partial charge on any atom is -0.382 e. The average molecular weight is 320 g/mol. The van der Waals surface area contributed by atoms with E-state index in [1.165, 1.54) is 32.1 Å². The van der Waals surface area contributed by atoms with Gasteiger partial charge in [0.15, 0.2) is 0 Å². The molecule has 1 N–H and O–H groups in total. The minimum atomic E-state index is 0.127. The summed E-state index contributed by atoms with van der Waals surface area (Å²) in [5, 5.41) is 2.66. The van der Waals surface area contributed by atoms with Crippen LogP contribution in [0.4, 0.5) is 0 Å². The van der Waals surface area contributed by atoms with Gasteiger partial charge in [-0.25, -0.2) is 0 Å². The minimum absolute atomic E-state index is 0.127. The highest BCUT2D eigenvalue weighted by Crippen LogP contribution is 1.88. The maximum Gasteiger partial charge on any atom is 0.219 e. The first-order valence-corrected chi connectivity index (χ1v) is 9.40. The van der Waals surface area contributed by atoms with Crippen LogP contribution in [0.15, 0.2) is 0 Å². The van der Waals surface area contributed by atoms with Crippen molar-refractivity contribution in [3.8, 4) is 0 Å². The summed E-state index contributed by atoms with van der Waals surface area (Å²) < 4.78 is 4.98. The SMILES string of the molecule is CCCC.CCCCC.CCCOCC.CCNC(=O)CC. The lowest BCUT2D eigenvalue weighted by Crippen LogP contribution is -2.20. The van der Waals surface area contributed by atoms with Crippen LogP contribution in [0.25, 0.3) is 0 Å². The number of hydrogen-bond donors (Lipinski definition) is 1. The molecular formula is C19H45NO2. The zero-order chi connectivity index (χ0) is 18.1. The third kappa shape index (κ3) is 60.7. The van der Waals surface area contributed by atoms with Gasteiger partial charge in [-0.3, -0.25) is 4.79 Å². The predicted octanol–water partition coefficient (Wildman–Crippen LogP) is 5.97. The summed E-state index contributed by atoms with van der Waals surface area (Å²) in [6.07, 6.45) is 8.44. The molecule has 0 aliphatic carbocycles. The standard InChI is InChI=1S/C5H11NO.C5H12O.C5H12.C4H10/c1-3-5(7)6-4-2;1-3-5-6-4-2;1-3-5-4-2;1-3-4-2/h3-4H2,1-2H3,(H,6,7);3-5H2,1-2H3;3-5H2,1-2H3;3-4H2,1-2H3. The van der Waals surface area contributed by atoms with Crippen molar-refractivity contribution in [2.24, 2.45) is 0 Å². The molecule has 0 aliphatic rings. The highest BCUT2D eigenvalue weighted by Gasteiger charge is 1.88. The lowest BCUT2D eigenvalue weighted by molar-refractivity contribution is -0.120. The second kappa shape index (κ2) is 37.0. The van der Waals surface area contributed by atoms with Crippen molar-refractivity contribution in [1.82, 2.24) is 5.32 Å². The first-order chi connectivity index (χ1) is 10.6. The monoisotopic (exact) mass is 319 g/mol. The Bertz CT molecular complexity index is 154. The van der Waals surface area contributed by atoms with Crippen molar-refractivity contribution >= 4 is 5.91 Å². The summed E-state index contributed by atoms with van der Waals surface area (Å²) >= 11 is 0. The highest BCUT2D eigenvalue weighted by molar-refractivity contribution is 5.75. The van der Waals surface area contributed by atoms with Gasteiger partial charge >= 0.3 is 0 Å². The molecule has 0 saturated heterocycles. The molecule has 138 valence electrons. The highest BCUT2D eigenvalue weighted by atomic mass is 16.5. The van der Waals surface area contributed by atoms with E-state index in [-0.39, 0.29) is 5.91 Å². The van der Waals surface area contributed by atoms with Gasteiger partial charge in [-0.15, -0.1) is 0 Å². The van der Waals surface area contributed by atoms with Gasteiger partial charge in [0.05, 0.1) is 0 Å². The summed E-state index contributed by atoms with van der Waals surface area (Å²) in [4.78, 5) is 10.3. The number of hydrogen-bond acceptors (Lipinski definition) is 2. The van der Waals surface area contributed by atoms with Gasteiger partial charge < -0.3 is 10.1 Å². The van der Waals surface area contributed by atoms with Crippen molar-refractivity contribution in [3.63, 3.8) is 0 Å². The van der Waals surface area contributed by atoms with E-state index in [0.29, 0.717) is 6.42 Å². The van der Waals surface area contributed by atoms with Crippen LogP contribution in [0.2, 0.25) is 0 Å². The van der Waals surface area contributed by atoms with Gasteiger partial charge in [-0.1, -0.05) is 73.6 Å². The van der Waals surface area contributed by atoms with Crippen LogP contribution in [0, 0.1) is 0 Å². The first-order valence-electron chi connectivity index (χ1n) is 9.40. The predicted molar refractivity (Wildman–Crippen MR) is 102 cm³/mol. The van der Waals surface area contributed by atoms with Crippen molar-refractivity contribution in [2.45, 2.75) is 100 Å². The van der Waals surface area contributed by atoms with Crippen LogP contribution in [-0.2, 0) is 9.53 Å². The van der Waals surface area contributed by atoms with E-state index >= 15 is 0 Å². The molecule has 3 heteroatoms. The third-order valence-electron chi connectivity index (χ3n) is 2.45. The van der Waals surface area contributed by atoms with Gasteiger partial charge in [0, 0.05) is 26.2 Å². The Morgan fingerprint density at radius 2 is 1.27 bits per heavy atom. The Hall–Kier alpha value is -0.570. The molecule has 0 aromatic rings. The van der Waals surface area contributed by atoms with Crippen LogP contribution < -0.4 is 5.32 Å². The molecule has 0 saturated carbocycles. The van der Waals surface area contributed by atoms with E-state index in [2.05, 4.69) is 39.9 Å². The molecular weight excluding hydrogens is 274 g/mol. The lowest BCUT2D eigenvalue weighted by atomic mass is 10.3. The molecule has 3 nitrogen and oxygen atoms in total. The van der Waals surface area contributed by atoms with Crippen molar-refractivity contribution in [3.05, 3.63) is 0 Å². The van der Waals surface area contributed by atoms with Gasteiger partial charge in [-0.05, 0) is 20.3 Å². The summed E-state index contributed by atoms with van der Waals surface area (Å²) in [6.45, 7) is 19.2. The molecule has 0 bridgehead atoms. The number of carbonyl (C=O) groups excluding carboxylic acids is 1. The molecule has 22 heavy (non-hydrogen) atoms. The van der Waals surface area contributed by atoms with Crippen LogP contribution in [0.5, 0.6) is 0 Å². The molecule has 0 aliphatic heterocycles. The second-order valence-corrected chi connectivity index (χ2v) is 4.86. The van der Waals surface area contributed by atoms with Crippen molar-refractivity contribution < 1.29 is 9.53 Å². The number of rotatable bonds is 8. The lowest BCUT2D eigenvalue weighted by Gasteiger charge is -1.93. The maximum atomic E-state index is 10.3. The fraction of sp³-hybridized carbons (Fsp3) is 0.947. The molecule has 0 heterocycles. The number of carbonyl (C=O) groups is 1. The van der Waals surface area contributed by atoms with E-state index in [4.69, 9.17) is 4.74 Å². The molecule has 1 amide bonds. The van der Waals surface area contributed by atoms with E-state index in [1.54, 1.807) is 0 Å². The van der Waals surface area contributed by atoms with E-state index in [0.717, 1.165) is 26.2 Å². The summed E-state index contributed by atoms with van der Waals surface area (Å²) in [7, 11) is 0. The first kappa shape index (κ1) is 29.4. The molecule has 0 fully saturated rings. The topological polar surface area (TPSA) is 38.3 Å². The van der Waals surface area contributed by atoms with E-state index in [1.807, 2.05) is 20.8 Å². The molecule has 0 atom stereocenters. The largest absolute Gasteiger partial charge is 0.382 e. The van der Waals surface area contributed by atoms with Gasteiger partial charge in [0.2, 0.25) is 5.91 Å². The van der Waals surface area contributed by atoms with Crippen molar-refractivity contribution in [2.75, 3.05) is 19.8 Å². The Labute approximate surface area is 141 Å². The van der Waals surface area contributed by atoms with E-state index in [9.17, 15) is 4.79 Å². The van der Waals surface area contributed by atoms with Crippen LogP contribution in [0.3, 0.4) is 0 Å². The number of ether oxygens (including phenoxy) is 1. The molecule has 0 unspecified atom stereocenters. The van der Waals surface area contributed by atoms with Gasteiger partial charge in [0.1, 0.15) is 0 Å². The third-order valence-corrected chi connectivity index (χ3v) is 2.45. The van der Waals surface area contributed by atoms with Crippen LogP contribution >= 0.6 is 0 Å². The molecule has 0 radical (unpaired) electrons. The number of amides is 1. The van der Waals surface area contributed by atoms with Crippen molar-refractivity contribution in [1.29, 1.82) is 0 Å². The normalized spacial score (nSPS) is 8.36. The van der Waals surface area contributed by atoms with Gasteiger partial charge in [-0.2, -0.15) is 0 Å². The van der Waals surface area contributed by atoms with Crippen LogP contribution in [-0.4, -0.2) is 25.7 Å². The molecule has 0 aromatic heterocycles. The maximum absolute atomic E-state index is 10.3. The Morgan fingerprint density at radius 1 is 0.773 bits per heavy atom. The fourth-order valence-corrected chi connectivity index (χ4v) is 0.964. The quantitative estimate of drug-likeness (QED) is 0.560. The van der Waals surface area contributed by atoms with Crippen LogP contribution in [0.1, 0.15) is 100 Å². The second-order valence-electron chi connectivity index (χ2n) is 4.86. The zero-order valence-corrected chi connectivity index (χ0v) is 16.9. The summed E-state index contributed by atoms with van der Waals surface area (Å²) in [5.74, 6) is 0.127.